The summed E-state index contributed by atoms with van der Waals surface area (Å²) in [6.07, 6.45) is 7.82. The van der Waals surface area contributed by atoms with Gasteiger partial charge >= 0.3 is 0 Å². The second-order valence-corrected chi connectivity index (χ2v) is 2.75. The summed E-state index contributed by atoms with van der Waals surface area (Å²) in [4.78, 5) is 4.09. The number of nitrogens with zero attached hydrogens (tertiary/aromatic N) is 1. The van der Waals surface area contributed by atoms with Crippen LogP contribution < -0.4 is 11.1 Å². The van der Waals surface area contributed by atoms with Gasteiger partial charge in [-0.1, -0.05) is 12.8 Å². The maximum atomic E-state index is 5.59. The van der Waals surface area contributed by atoms with E-state index in [2.05, 4.69) is 16.2 Å². The number of rotatable bonds is 3. The summed E-state index contributed by atoms with van der Waals surface area (Å²) in [6.45, 7) is 2.02. The molecule has 0 aromatic carbocycles. The van der Waals surface area contributed by atoms with Gasteiger partial charge in [0.05, 0.1) is 6.04 Å². The summed E-state index contributed by atoms with van der Waals surface area (Å²) >= 11 is 0. The van der Waals surface area contributed by atoms with Crippen molar-refractivity contribution in [1.82, 2.24) is 4.98 Å². The molecule has 0 radical (unpaired) electrons. The molecule has 0 aliphatic carbocycles. The molecule has 0 amide bonds. The van der Waals surface area contributed by atoms with Crippen molar-refractivity contribution in [2.45, 2.75) is 19.4 Å². The standard InChI is InChI=1S/C10H13N3/c1-3-9(4-2)13-10-7-8(11)5-6-12-10/h1,5-7,9H,4H2,2H3,(H3,11,12,13). The molecule has 1 aromatic rings. The Morgan fingerprint density at radius 1 is 1.77 bits per heavy atom. The molecule has 0 aliphatic rings. The molecule has 68 valence electrons. The number of nitrogens with two attached hydrogens (primary N) is 1. The fourth-order valence-electron chi connectivity index (χ4n) is 0.966. The predicted molar refractivity (Wildman–Crippen MR) is 55.2 cm³/mol. The molecule has 3 heteroatoms. The molecule has 1 unspecified atom stereocenters. The van der Waals surface area contributed by atoms with Crippen molar-refractivity contribution < 1.29 is 0 Å². The minimum absolute atomic E-state index is 0.0225. The van der Waals surface area contributed by atoms with E-state index in [0.717, 1.165) is 12.2 Å². The quantitative estimate of drug-likeness (QED) is 0.684. The molecule has 0 saturated heterocycles. The molecule has 0 spiro atoms. The van der Waals surface area contributed by atoms with Crippen molar-refractivity contribution in [2.75, 3.05) is 11.1 Å². The Morgan fingerprint density at radius 2 is 2.54 bits per heavy atom. The average Bonchev–Trinajstić information content (AvgIpc) is 2.14. The first-order valence-electron chi connectivity index (χ1n) is 4.20. The van der Waals surface area contributed by atoms with Gasteiger partial charge in [-0.2, -0.15) is 0 Å². The van der Waals surface area contributed by atoms with E-state index in [1.165, 1.54) is 0 Å². The van der Waals surface area contributed by atoms with Crippen LogP contribution in [0.25, 0.3) is 0 Å². The van der Waals surface area contributed by atoms with Crippen molar-refractivity contribution in [1.29, 1.82) is 0 Å². The maximum absolute atomic E-state index is 5.59. The Labute approximate surface area is 78.4 Å². The van der Waals surface area contributed by atoms with Crippen molar-refractivity contribution in [3.05, 3.63) is 18.3 Å². The Bertz CT molecular complexity index is 314. The third-order valence-electron chi connectivity index (χ3n) is 1.72. The number of nitrogens with one attached hydrogen (secondary N) is 1. The van der Waals surface area contributed by atoms with E-state index in [4.69, 9.17) is 12.2 Å². The summed E-state index contributed by atoms with van der Waals surface area (Å²) in [5.74, 6) is 3.35. The number of terminal acetylenes is 1. The van der Waals surface area contributed by atoms with E-state index in [1.54, 1.807) is 18.3 Å². The minimum Gasteiger partial charge on any atom is -0.399 e. The molecule has 13 heavy (non-hydrogen) atoms. The lowest BCUT2D eigenvalue weighted by molar-refractivity contribution is 0.851. The van der Waals surface area contributed by atoms with Crippen molar-refractivity contribution in [3.8, 4) is 12.3 Å². The van der Waals surface area contributed by atoms with E-state index >= 15 is 0 Å². The fraction of sp³-hybridized carbons (Fsp3) is 0.300. The van der Waals surface area contributed by atoms with Gasteiger partial charge in [-0.15, -0.1) is 6.42 Å². The van der Waals surface area contributed by atoms with Crippen LogP contribution in [0.2, 0.25) is 0 Å². The lowest BCUT2D eigenvalue weighted by atomic mass is 10.2. The van der Waals surface area contributed by atoms with E-state index < -0.39 is 0 Å². The van der Waals surface area contributed by atoms with Gasteiger partial charge in [-0.25, -0.2) is 4.98 Å². The molecule has 0 saturated carbocycles. The molecule has 0 aliphatic heterocycles. The lowest BCUT2D eigenvalue weighted by Crippen LogP contribution is -2.16. The summed E-state index contributed by atoms with van der Waals surface area (Å²) in [6, 6.07) is 3.52. The third kappa shape index (κ3) is 2.68. The van der Waals surface area contributed by atoms with Crippen LogP contribution >= 0.6 is 0 Å². The van der Waals surface area contributed by atoms with Gasteiger partial charge in [0.15, 0.2) is 0 Å². The topological polar surface area (TPSA) is 50.9 Å². The molecule has 0 fully saturated rings. The van der Waals surface area contributed by atoms with Crippen LogP contribution in [0.3, 0.4) is 0 Å². The van der Waals surface area contributed by atoms with Gasteiger partial charge in [-0.3, -0.25) is 0 Å². The van der Waals surface area contributed by atoms with E-state index in [-0.39, 0.29) is 6.04 Å². The van der Waals surface area contributed by atoms with Crippen LogP contribution in [-0.4, -0.2) is 11.0 Å². The number of hydrogen-bond acceptors (Lipinski definition) is 3. The van der Waals surface area contributed by atoms with Gasteiger partial charge in [0.2, 0.25) is 0 Å². The zero-order chi connectivity index (χ0) is 9.68. The van der Waals surface area contributed by atoms with Crippen molar-refractivity contribution in [2.24, 2.45) is 0 Å². The summed E-state index contributed by atoms with van der Waals surface area (Å²) in [5.41, 5.74) is 6.27. The number of hydrogen-bond donors (Lipinski definition) is 2. The monoisotopic (exact) mass is 175 g/mol. The van der Waals surface area contributed by atoms with Crippen LogP contribution in [0.15, 0.2) is 18.3 Å². The fourth-order valence-corrected chi connectivity index (χ4v) is 0.966. The normalized spacial score (nSPS) is 11.7. The average molecular weight is 175 g/mol. The van der Waals surface area contributed by atoms with E-state index in [0.29, 0.717) is 5.69 Å². The molecule has 1 heterocycles. The Hall–Kier alpha value is -1.69. The molecular formula is C10H13N3. The number of anilines is 2. The maximum Gasteiger partial charge on any atom is 0.128 e. The molecule has 1 aromatic heterocycles. The summed E-state index contributed by atoms with van der Waals surface area (Å²) in [5, 5.41) is 3.09. The second kappa shape index (κ2) is 4.36. The van der Waals surface area contributed by atoms with Crippen LogP contribution in [0.4, 0.5) is 11.5 Å². The van der Waals surface area contributed by atoms with Gasteiger partial charge in [0.25, 0.3) is 0 Å². The molecule has 3 N–H and O–H groups in total. The number of nitrogen functional groups attached to an aromatic ring is 1. The smallest absolute Gasteiger partial charge is 0.128 e. The zero-order valence-electron chi connectivity index (χ0n) is 7.62. The third-order valence-corrected chi connectivity index (χ3v) is 1.72. The van der Waals surface area contributed by atoms with Gasteiger partial charge in [-0.05, 0) is 12.5 Å². The Morgan fingerprint density at radius 3 is 3.08 bits per heavy atom. The zero-order valence-corrected chi connectivity index (χ0v) is 7.62. The van der Waals surface area contributed by atoms with Crippen LogP contribution in [0, 0.1) is 12.3 Å². The first kappa shape index (κ1) is 9.40. The summed E-state index contributed by atoms with van der Waals surface area (Å²) < 4.78 is 0. The van der Waals surface area contributed by atoms with E-state index in [1.807, 2.05) is 6.92 Å². The van der Waals surface area contributed by atoms with Crippen LogP contribution in [0.5, 0.6) is 0 Å². The highest BCUT2D eigenvalue weighted by atomic mass is 15.0. The van der Waals surface area contributed by atoms with Crippen molar-refractivity contribution in [3.63, 3.8) is 0 Å². The highest BCUT2D eigenvalue weighted by Crippen LogP contribution is 2.09. The second-order valence-electron chi connectivity index (χ2n) is 2.75. The predicted octanol–water partition coefficient (Wildman–Crippen LogP) is 1.49. The van der Waals surface area contributed by atoms with Crippen LogP contribution in [-0.2, 0) is 0 Å². The largest absolute Gasteiger partial charge is 0.399 e. The molecule has 3 nitrogen and oxygen atoms in total. The highest BCUT2D eigenvalue weighted by Gasteiger charge is 2.01. The SMILES string of the molecule is C#CC(CC)Nc1cc(N)ccn1. The van der Waals surface area contributed by atoms with E-state index in [9.17, 15) is 0 Å². The molecule has 1 atom stereocenters. The molecule has 1 rings (SSSR count). The van der Waals surface area contributed by atoms with Crippen LogP contribution in [0.1, 0.15) is 13.3 Å². The first-order valence-corrected chi connectivity index (χ1v) is 4.20. The first-order chi connectivity index (χ1) is 6.26. The number of aromatic nitrogens is 1. The minimum atomic E-state index is 0.0225. The lowest BCUT2D eigenvalue weighted by Gasteiger charge is -2.10. The molecular weight excluding hydrogens is 162 g/mol. The van der Waals surface area contributed by atoms with Crippen molar-refractivity contribution >= 4 is 11.5 Å². The summed E-state index contributed by atoms with van der Waals surface area (Å²) in [7, 11) is 0. The Kier molecular flexibility index (Phi) is 3.15. The highest BCUT2D eigenvalue weighted by molar-refractivity contribution is 5.49. The van der Waals surface area contributed by atoms with Gasteiger partial charge < -0.3 is 11.1 Å². The molecule has 0 bridgehead atoms. The van der Waals surface area contributed by atoms with Gasteiger partial charge in [0, 0.05) is 18.0 Å². The Balaban J connectivity index is 2.69. The van der Waals surface area contributed by atoms with Gasteiger partial charge in [0.1, 0.15) is 5.82 Å². The number of pyridine rings is 1.